The van der Waals surface area contributed by atoms with Crippen molar-refractivity contribution in [3.63, 3.8) is 0 Å². The van der Waals surface area contributed by atoms with Crippen LogP contribution >= 0.6 is 0 Å². The average Bonchev–Trinajstić information content (AvgIpc) is 2.96. The van der Waals surface area contributed by atoms with Crippen molar-refractivity contribution in [3.8, 4) is 11.5 Å². The summed E-state index contributed by atoms with van der Waals surface area (Å²) < 4.78 is 42.7. The predicted molar refractivity (Wildman–Crippen MR) is 155 cm³/mol. The van der Waals surface area contributed by atoms with Gasteiger partial charge in [0.15, 0.2) is 0 Å². The van der Waals surface area contributed by atoms with Gasteiger partial charge >= 0.3 is 0 Å². The molecule has 200 valence electrons. The summed E-state index contributed by atoms with van der Waals surface area (Å²) in [5, 5.41) is 0. The van der Waals surface area contributed by atoms with Crippen LogP contribution in [-0.4, -0.2) is 8.42 Å². The summed E-state index contributed by atoms with van der Waals surface area (Å²) in [6.07, 6.45) is 4.86. The van der Waals surface area contributed by atoms with Crippen molar-refractivity contribution in [2.45, 2.75) is 44.4 Å². The van der Waals surface area contributed by atoms with Crippen LogP contribution in [-0.2, 0) is 23.2 Å². The van der Waals surface area contributed by atoms with Crippen LogP contribution in [0.25, 0.3) is 6.08 Å². The summed E-state index contributed by atoms with van der Waals surface area (Å²) >= 11 is 0. The first kappa shape index (κ1) is 26.7. The normalized spacial score (nSPS) is 16.5. The molecule has 0 amide bonds. The maximum atomic E-state index is 13.6. The molecule has 4 aromatic carbocycles. The van der Waals surface area contributed by atoms with Crippen LogP contribution in [0.5, 0.6) is 11.5 Å². The Morgan fingerprint density at radius 2 is 1.31 bits per heavy atom. The van der Waals surface area contributed by atoms with Crippen LogP contribution < -0.4 is 14.2 Å². The van der Waals surface area contributed by atoms with E-state index in [0.717, 1.165) is 34.2 Å². The second kappa shape index (κ2) is 11.9. The van der Waals surface area contributed by atoms with E-state index in [1.54, 1.807) is 12.1 Å². The molecule has 0 saturated carbocycles. The van der Waals surface area contributed by atoms with Crippen molar-refractivity contribution in [2.75, 3.05) is 0 Å². The van der Waals surface area contributed by atoms with Crippen LogP contribution in [0.15, 0.2) is 108 Å². The summed E-state index contributed by atoms with van der Waals surface area (Å²) in [6, 6.07) is 30.1. The average molecular weight is 540 g/mol. The van der Waals surface area contributed by atoms with E-state index in [-0.39, 0.29) is 10.8 Å². The molecule has 0 spiro atoms. The third-order valence-corrected chi connectivity index (χ3v) is 8.47. The SMILES string of the molecule is CC[C@H]1C=Cc2c(OCc3ccccc3)ccc(OCc3ccccc3)c2[C@H]1NS(=O)(=O)c1ccc(C)cc1. The number of nitrogens with one attached hydrogen (secondary N) is 1. The second-order valence-corrected chi connectivity index (χ2v) is 11.5. The maximum Gasteiger partial charge on any atom is 0.241 e. The van der Waals surface area contributed by atoms with E-state index < -0.39 is 16.1 Å². The molecule has 0 bridgehead atoms. The highest BCUT2D eigenvalue weighted by atomic mass is 32.2. The number of ether oxygens (including phenoxy) is 2. The molecule has 5 rings (SSSR count). The van der Waals surface area contributed by atoms with Gasteiger partial charge in [-0.1, -0.05) is 97.4 Å². The number of sulfonamides is 1. The largest absolute Gasteiger partial charge is 0.489 e. The zero-order valence-electron chi connectivity index (χ0n) is 22.2. The van der Waals surface area contributed by atoms with E-state index in [9.17, 15) is 8.42 Å². The van der Waals surface area contributed by atoms with Gasteiger partial charge in [0.25, 0.3) is 0 Å². The molecule has 0 heterocycles. The monoisotopic (exact) mass is 539 g/mol. The van der Waals surface area contributed by atoms with E-state index in [0.29, 0.717) is 24.7 Å². The number of hydrogen-bond acceptors (Lipinski definition) is 4. The molecular weight excluding hydrogens is 506 g/mol. The van der Waals surface area contributed by atoms with Gasteiger partial charge < -0.3 is 9.47 Å². The Morgan fingerprint density at radius 1 is 0.744 bits per heavy atom. The summed E-state index contributed by atoms with van der Waals surface area (Å²) in [5.41, 5.74) is 4.71. The van der Waals surface area contributed by atoms with Crippen molar-refractivity contribution in [1.82, 2.24) is 4.72 Å². The summed E-state index contributed by atoms with van der Waals surface area (Å²) in [4.78, 5) is 0.238. The van der Waals surface area contributed by atoms with Gasteiger partial charge in [0.1, 0.15) is 24.7 Å². The van der Waals surface area contributed by atoms with Gasteiger partial charge in [-0.05, 0) is 54.7 Å². The first-order valence-corrected chi connectivity index (χ1v) is 14.7. The predicted octanol–water partition coefficient (Wildman–Crippen LogP) is 7.23. The third kappa shape index (κ3) is 6.24. The van der Waals surface area contributed by atoms with Crippen molar-refractivity contribution in [2.24, 2.45) is 5.92 Å². The first-order chi connectivity index (χ1) is 18.9. The fourth-order valence-corrected chi connectivity index (χ4v) is 6.08. The fraction of sp³-hybridized carbons (Fsp3) is 0.212. The molecule has 0 aliphatic heterocycles. The molecule has 0 aromatic heterocycles. The van der Waals surface area contributed by atoms with Gasteiger partial charge in [-0.25, -0.2) is 13.1 Å². The van der Waals surface area contributed by atoms with E-state index >= 15 is 0 Å². The standard InChI is InChI=1S/C33H33NO4S/c1-3-27-16-19-29-30(37-22-25-10-6-4-7-11-25)20-21-31(38-23-26-12-8-5-9-13-26)32(29)33(27)34-39(35,36)28-17-14-24(2)15-18-28/h4-21,27,33-34H,3,22-23H2,1-2H3/t27-,33-/m0/s1. The summed E-state index contributed by atoms with van der Waals surface area (Å²) in [5.74, 6) is 1.27. The summed E-state index contributed by atoms with van der Waals surface area (Å²) in [6.45, 7) is 4.78. The molecule has 2 atom stereocenters. The van der Waals surface area contributed by atoms with Gasteiger partial charge in [-0.2, -0.15) is 0 Å². The molecule has 0 saturated heterocycles. The maximum absolute atomic E-state index is 13.6. The van der Waals surface area contributed by atoms with Crippen molar-refractivity contribution >= 4 is 16.1 Å². The molecule has 0 unspecified atom stereocenters. The first-order valence-electron chi connectivity index (χ1n) is 13.2. The lowest BCUT2D eigenvalue weighted by Crippen LogP contribution is -2.35. The molecule has 39 heavy (non-hydrogen) atoms. The van der Waals surface area contributed by atoms with Crippen molar-refractivity contribution in [1.29, 1.82) is 0 Å². The number of benzene rings is 4. The quantitative estimate of drug-likeness (QED) is 0.231. The number of rotatable bonds is 10. The molecule has 1 aliphatic rings. The Kier molecular flexibility index (Phi) is 8.15. The van der Waals surface area contributed by atoms with Crippen molar-refractivity contribution < 1.29 is 17.9 Å². The topological polar surface area (TPSA) is 64.6 Å². The lowest BCUT2D eigenvalue weighted by atomic mass is 9.83. The molecule has 0 radical (unpaired) electrons. The Balaban J connectivity index is 1.54. The minimum absolute atomic E-state index is 0.0545. The Hall–Kier alpha value is -3.87. The minimum atomic E-state index is -3.79. The molecule has 6 heteroatoms. The highest BCUT2D eigenvalue weighted by Gasteiger charge is 2.34. The minimum Gasteiger partial charge on any atom is -0.489 e. The number of aryl methyl sites for hydroxylation is 1. The Labute approximate surface area is 231 Å². The van der Waals surface area contributed by atoms with Crippen LogP contribution in [0, 0.1) is 12.8 Å². The summed E-state index contributed by atoms with van der Waals surface area (Å²) in [7, 11) is -3.79. The molecular formula is C33H33NO4S. The zero-order chi connectivity index (χ0) is 27.2. The van der Waals surface area contributed by atoms with E-state index in [2.05, 4.69) is 17.7 Å². The molecule has 0 fully saturated rings. The molecule has 1 N–H and O–H groups in total. The lowest BCUT2D eigenvalue weighted by Gasteiger charge is -2.32. The smallest absolute Gasteiger partial charge is 0.241 e. The molecule has 4 aromatic rings. The fourth-order valence-electron chi connectivity index (χ4n) is 4.83. The van der Waals surface area contributed by atoms with Gasteiger partial charge in [-0.15, -0.1) is 0 Å². The molecule has 5 nitrogen and oxygen atoms in total. The van der Waals surface area contributed by atoms with Gasteiger partial charge in [0.05, 0.1) is 10.9 Å². The number of hydrogen-bond donors (Lipinski definition) is 1. The van der Waals surface area contributed by atoms with Crippen molar-refractivity contribution in [3.05, 3.63) is 131 Å². The van der Waals surface area contributed by atoms with E-state index in [4.69, 9.17) is 9.47 Å². The van der Waals surface area contributed by atoms with Crippen LogP contribution in [0.3, 0.4) is 0 Å². The molecule has 1 aliphatic carbocycles. The Bertz CT molecular complexity index is 1530. The second-order valence-electron chi connectivity index (χ2n) is 9.78. The van der Waals surface area contributed by atoms with Crippen LogP contribution in [0.1, 0.15) is 47.2 Å². The van der Waals surface area contributed by atoms with Gasteiger partial charge in [-0.3, -0.25) is 0 Å². The lowest BCUT2D eigenvalue weighted by molar-refractivity contribution is 0.287. The van der Waals surface area contributed by atoms with E-state index in [1.165, 1.54) is 0 Å². The number of fused-ring (bicyclic) bond motifs is 1. The van der Waals surface area contributed by atoms with Gasteiger partial charge in [0.2, 0.25) is 10.0 Å². The highest BCUT2D eigenvalue weighted by molar-refractivity contribution is 7.89. The Morgan fingerprint density at radius 3 is 1.90 bits per heavy atom. The van der Waals surface area contributed by atoms with E-state index in [1.807, 2.05) is 97.9 Å². The van der Waals surface area contributed by atoms with Gasteiger partial charge in [0, 0.05) is 11.1 Å². The van der Waals surface area contributed by atoms with Crippen LogP contribution in [0.4, 0.5) is 0 Å². The third-order valence-electron chi connectivity index (χ3n) is 7.02. The highest BCUT2D eigenvalue weighted by Crippen LogP contribution is 2.44. The zero-order valence-corrected chi connectivity index (χ0v) is 23.0. The van der Waals surface area contributed by atoms with Crippen LogP contribution in [0.2, 0.25) is 0 Å².